The lowest BCUT2D eigenvalue weighted by molar-refractivity contribution is -0.00212. The Morgan fingerprint density at radius 3 is 2.68 bits per heavy atom. The largest absolute Gasteiger partial charge is 0.487 e. The highest BCUT2D eigenvalue weighted by molar-refractivity contribution is 6.03. The van der Waals surface area contributed by atoms with E-state index in [2.05, 4.69) is 27.8 Å². The molecule has 3 heterocycles. The monoisotopic (exact) mass is 419 g/mol. The Kier molecular flexibility index (Phi) is 5.42. The molecular weight excluding hydrogens is 390 g/mol. The van der Waals surface area contributed by atoms with Crippen molar-refractivity contribution >= 4 is 11.6 Å². The Balaban J connectivity index is 1.19. The first kappa shape index (κ1) is 20.1. The molecule has 6 nitrogen and oxygen atoms in total. The molecule has 3 aliphatic heterocycles. The van der Waals surface area contributed by atoms with E-state index in [1.54, 1.807) is 0 Å². The highest BCUT2D eigenvalue weighted by Crippen LogP contribution is 2.33. The van der Waals surface area contributed by atoms with Gasteiger partial charge in [-0.1, -0.05) is 36.9 Å². The molecule has 6 heteroatoms. The summed E-state index contributed by atoms with van der Waals surface area (Å²) in [4.78, 5) is 16.8. The number of carbonyl (C=O) groups excluding carboxylic acids is 1. The number of aryl methyl sites for hydroxylation is 1. The van der Waals surface area contributed by atoms with Crippen molar-refractivity contribution in [3.63, 3.8) is 0 Å². The second-order valence-corrected chi connectivity index (χ2v) is 8.69. The van der Waals surface area contributed by atoms with Gasteiger partial charge < -0.3 is 25.0 Å². The minimum absolute atomic E-state index is 0.0912. The molecule has 0 radical (unpaired) electrons. The van der Waals surface area contributed by atoms with Gasteiger partial charge in [-0.3, -0.25) is 4.79 Å². The number of aliphatic hydroxyl groups is 1. The van der Waals surface area contributed by atoms with Crippen LogP contribution >= 0.6 is 0 Å². The lowest BCUT2D eigenvalue weighted by Gasteiger charge is -2.43. The molecule has 1 unspecified atom stereocenters. The smallest absolute Gasteiger partial charge is 0.258 e. The van der Waals surface area contributed by atoms with Gasteiger partial charge in [-0.15, -0.1) is 0 Å². The number of hydrogen-bond acceptors (Lipinski definition) is 5. The number of benzene rings is 2. The molecule has 31 heavy (non-hydrogen) atoms. The van der Waals surface area contributed by atoms with Crippen LogP contribution in [0.4, 0.5) is 5.69 Å². The molecular formula is C25H29N3O3. The van der Waals surface area contributed by atoms with Gasteiger partial charge in [0.25, 0.3) is 5.91 Å². The maximum atomic E-state index is 12.3. The lowest BCUT2D eigenvalue weighted by Crippen LogP contribution is -2.52. The van der Waals surface area contributed by atoms with E-state index in [4.69, 9.17) is 4.74 Å². The summed E-state index contributed by atoms with van der Waals surface area (Å²) >= 11 is 0. The van der Waals surface area contributed by atoms with E-state index in [0.717, 1.165) is 50.2 Å². The maximum Gasteiger partial charge on any atom is 0.258 e. The van der Waals surface area contributed by atoms with Crippen LogP contribution in [-0.2, 0) is 6.42 Å². The van der Waals surface area contributed by atoms with Crippen LogP contribution in [0.3, 0.4) is 0 Å². The van der Waals surface area contributed by atoms with Gasteiger partial charge in [-0.2, -0.15) is 0 Å². The van der Waals surface area contributed by atoms with Crippen molar-refractivity contribution in [1.29, 1.82) is 0 Å². The van der Waals surface area contributed by atoms with Crippen LogP contribution < -0.4 is 15.0 Å². The molecule has 2 aromatic rings. The van der Waals surface area contributed by atoms with Gasteiger partial charge in [0.15, 0.2) is 0 Å². The summed E-state index contributed by atoms with van der Waals surface area (Å²) in [6.07, 6.45) is 3.03. The van der Waals surface area contributed by atoms with Gasteiger partial charge >= 0.3 is 0 Å². The van der Waals surface area contributed by atoms with Gasteiger partial charge in [-0.25, -0.2) is 0 Å². The molecule has 0 aliphatic carbocycles. The van der Waals surface area contributed by atoms with Crippen molar-refractivity contribution in [2.75, 3.05) is 24.5 Å². The average molecular weight is 420 g/mol. The van der Waals surface area contributed by atoms with Gasteiger partial charge in [0.05, 0.1) is 11.3 Å². The van der Waals surface area contributed by atoms with E-state index in [0.29, 0.717) is 17.9 Å². The van der Waals surface area contributed by atoms with Crippen molar-refractivity contribution in [2.24, 2.45) is 0 Å². The molecule has 2 aromatic carbocycles. The third kappa shape index (κ3) is 3.93. The van der Waals surface area contributed by atoms with Crippen LogP contribution in [0.2, 0.25) is 0 Å². The summed E-state index contributed by atoms with van der Waals surface area (Å²) in [5, 5.41) is 13.7. The minimum Gasteiger partial charge on any atom is -0.487 e. The number of rotatable bonds is 4. The van der Waals surface area contributed by atoms with Crippen LogP contribution in [-0.4, -0.2) is 53.8 Å². The number of nitrogens with one attached hydrogen (secondary N) is 1. The molecule has 2 N–H and O–H groups in total. The van der Waals surface area contributed by atoms with Crippen molar-refractivity contribution in [2.45, 2.75) is 43.9 Å². The summed E-state index contributed by atoms with van der Waals surface area (Å²) in [6, 6.07) is 16.1. The van der Waals surface area contributed by atoms with Crippen LogP contribution in [0.5, 0.6) is 5.75 Å². The first-order valence-electron chi connectivity index (χ1n) is 11.1. The second-order valence-electron chi connectivity index (χ2n) is 8.69. The van der Waals surface area contributed by atoms with Gasteiger partial charge in [0.1, 0.15) is 23.8 Å². The number of likely N-dealkylation sites (tertiary alicyclic amines) is 1. The molecule has 5 rings (SSSR count). The van der Waals surface area contributed by atoms with Crippen molar-refractivity contribution in [3.8, 4) is 5.75 Å². The van der Waals surface area contributed by atoms with E-state index in [1.165, 1.54) is 5.56 Å². The Labute approximate surface area is 183 Å². The SMILES string of the molecule is C=C1NC(=O)c2ccccc2N1C1CCN(C[C@@H](O)C2CCc3ccccc3O2)CC1. The summed E-state index contributed by atoms with van der Waals surface area (Å²) < 4.78 is 6.08. The number of fused-ring (bicyclic) bond motifs is 2. The molecule has 1 saturated heterocycles. The normalized spacial score (nSPS) is 22.9. The van der Waals surface area contributed by atoms with E-state index in [1.807, 2.05) is 42.5 Å². The summed E-state index contributed by atoms with van der Waals surface area (Å²) in [6.45, 7) is 6.50. The van der Waals surface area contributed by atoms with E-state index in [-0.39, 0.29) is 18.1 Å². The Hall–Kier alpha value is -2.83. The quantitative estimate of drug-likeness (QED) is 0.798. The Morgan fingerprint density at radius 2 is 1.84 bits per heavy atom. The molecule has 3 aliphatic rings. The Bertz CT molecular complexity index is 983. The molecule has 0 aromatic heterocycles. The second kappa shape index (κ2) is 8.36. The van der Waals surface area contributed by atoms with Crippen molar-refractivity contribution in [1.82, 2.24) is 10.2 Å². The molecule has 0 saturated carbocycles. The number of piperidine rings is 1. The highest BCUT2D eigenvalue weighted by Gasteiger charge is 2.34. The fourth-order valence-electron chi connectivity index (χ4n) is 5.06. The van der Waals surface area contributed by atoms with Crippen LogP contribution in [0, 0.1) is 0 Å². The van der Waals surface area contributed by atoms with Crippen LogP contribution in [0.1, 0.15) is 35.2 Å². The zero-order valence-electron chi connectivity index (χ0n) is 17.7. The van der Waals surface area contributed by atoms with Gasteiger partial charge in [0.2, 0.25) is 0 Å². The summed E-state index contributed by atoms with van der Waals surface area (Å²) in [5.41, 5.74) is 2.85. The number of ether oxygens (including phenoxy) is 1. The number of aliphatic hydroxyl groups excluding tert-OH is 1. The fraction of sp³-hybridized carbons (Fsp3) is 0.400. The number of anilines is 1. The molecule has 1 fully saturated rings. The van der Waals surface area contributed by atoms with Gasteiger partial charge in [0, 0.05) is 25.7 Å². The number of nitrogens with zero attached hydrogens (tertiary/aromatic N) is 2. The van der Waals surface area contributed by atoms with Crippen LogP contribution in [0.25, 0.3) is 0 Å². The number of amides is 1. The van der Waals surface area contributed by atoms with Crippen LogP contribution in [0.15, 0.2) is 60.9 Å². The average Bonchev–Trinajstić information content (AvgIpc) is 2.80. The molecule has 0 bridgehead atoms. The zero-order chi connectivity index (χ0) is 21.4. The molecule has 1 amide bonds. The van der Waals surface area contributed by atoms with E-state index < -0.39 is 6.10 Å². The standard InChI is InChI=1S/C25H29N3O3/c1-17-26-25(30)20-7-3-4-8-21(20)28(17)19-12-14-27(15-13-19)16-22(29)24-11-10-18-6-2-5-9-23(18)31-24/h2-9,19,22,24,29H,1,10-16H2,(H,26,30)/t22-,24?/m1/s1. The first-order valence-corrected chi connectivity index (χ1v) is 11.1. The summed E-state index contributed by atoms with van der Waals surface area (Å²) in [7, 11) is 0. The molecule has 162 valence electrons. The number of carbonyl (C=O) groups is 1. The predicted octanol–water partition coefficient (Wildman–Crippen LogP) is 2.93. The minimum atomic E-state index is -0.505. The fourth-order valence-corrected chi connectivity index (χ4v) is 5.06. The molecule has 2 atom stereocenters. The van der Waals surface area contributed by atoms with Crippen molar-refractivity contribution in [3.05, 3.63) is 72.1 Å². The summed E-state index contributed by atoms with van der Waals surface area (Å²) in [5.74, 6) is 1.46. The zero-order valence-corrected chi connectivity index (χ0v) is 17.7. The highest BCUT2D eigenvalue weighted by atomic mass is 16.5. The maximum absolute atomic E-state index is 12.3. The first-order chi connectivity index (χ1) is 15.1. The lowest BCUT2D eigenvalue weighted by atomic mass is 9.97. The topological polar surface area (TPSA) is 65.0 Å². The van der Waals surface area contributed by atoms with Gasteiger partial charge in [-0.05, 0) is 49.4 Å². The third-order valence-electron chi connectivity index (χ3n) is 6.70. The number of β-amino-alcohol motifs (C(OH)–C–C–N with tert-alkyl or cyclic N) is 1. The van der Waals surface area contributed by atoms with E-state index >= 15 is 0 Å². The Morgan fingerprint density at radius 1 is 1.10 bits per heavy atom. The van der Waals surface area contributed by atoms with Crippen molar-refractivity contribution < 1.29 is 14.6 Å². The number of hydrogen-bond donors (Lipinski definition) is 2. The predicted molar refractivity (Wildman–Crippen MR) is 120 cm³/mol. The number of para-hydroxylation sites is 2. The third-order valence-corrected chi connectivity index (χ3v) is 6.70. The van der Waals surface area contributed by atoms with E-state index in [9.17, 15) is 9.90 Å². The molecule has 0 spiro atoms.